The molecule has 2 rings (SSSR count). The van der Waals surface area contributed by atoms with Crippen molar-refractivity contribution in [3.8, 4) is 0 Å². The van der Waals surface area contributed by atoms with Crippen LogP contribution in [0, 0.1) is 11.8 Å². The quantitative estimate of drug-likeness (QED) is 0.821. The third-order valence-corrected chi connectivity index (χ3v) is 4.54. The Hall–Kier alpha value is -1.06. The normalized spacial score (nSPS) is 30.2. The summed E-state index contributed by atoms with van der Waals surface area (Å²) >= 11 is 0. The Labute approximate surface area is 108 Å². The van der Waals surface area contributed by atoms with E-state index in [1.165, 1.54) is 6.42 Å². The van der Waals surface area contributed by atoms with Crippen LogP contribution >= 0.6 is 0 Å². The molecule has 2 aliphatic rings. The van der Waals surface area contributed by atoms with Crippen LogP contribution in [0.1, 0.15) is 51.9 Å². The molecule has 18 heavy (non-hydrogen) atoms. The first-order valence-corrected chi connectivity index (χ1v) is 7.14. The molecule has 0 unspecified atom stereocenters. The van der Waals surface area contributed by atoms with E-state index in [2.05, 4.69) is 0 Å². The van der Waals surface area contributed by atoms with Gasteiger partial charge in [0.1, 0.15) is 0 Å². The van der Waals surface area contributed by atoms with E-state index in [1.54, 1.807) is 0 Å². The van der Waals surface area contributed by atoms with Crippen LogP contribution in [-0.2, 0) is 9.59 Å². The molecule has 1 saturated carbocycles. The Balaban J connectivity index is 2.02. The Morgan fingerprint density at radius 1 is 1.06 bits per heavy atom. The topological polar surface area (TPSA) is 57.6 Å². The lowest BCUT2D eigenvalue weighted by molar-refractivity contribution is -0.151. The summed E-state index contributed by atoms with van der Waals surface area (Å²) in [5, 5.41) is 9.18. The van der Waals surface area contributed by atoms with Gasteiger partial charge in [-0.25, -0.2) is 0 Å². The second-order valence-electron chi connectivity index (χ2n) is 5.69. The largest absolute Gasteiger partial charge is 0.481 e. The van der Waals surface area contributed by atoms with Gasteiger partial charge in [-0.15, -0.1) is 0 Å². The van der Waals surface area contributed by atoms with E-state index < -0.39 is 5.97 Å². The van der Waals surface area contributed by atoms with Gasteiger partial charge >= 0.3 is 5.97 Å². The van der Waals surface area contributed by atoms with Gasteiger partial charge in [-0.2, -0.15) is 0 Å². The summed E-state index contributed by atoms with van der Waals surface area (Å²) in [6.45, 7) is 2.62. The zero-order chi connectivity index (χ0) is 13.1. The predicted molar refractivity (Wildman–Crippen MR) is 68.1 cm³/mol. The molecule has 1 N–H and O–H groups in total. The van der Waals surface area contributed by atoms with Crippen molar-refractivity contribution in [2.75, 3.05) is 6.54 Å². The molecule has 0 spiro atoms. The lowest BCUT2D eigenvalue weighted by atomic mass is 9.85. The first kappa shape index (κ1) is 13.4. The summed E-state index contributed by atoms with van der Waals surface area (Å²) in [6, 6.07) is -0.148. The highest BCUT2D eigenvalue weighted by molar-refractivity contribution is 5.80. The highest BCUT2D eigenvalue weighted by Gasteiger charge is 2.37. The van der Waals surface area contributed by atoms with Crippen LogP contribution in [0.25, 0.3) is 0 Å². The third-order valence-electron chi connectivity index (χ3n) is 4.54. The van der Waals surface area contributed by atoms with Gasteiger partial charge in [0.2, 0.25) is 5.91 Å². The van der Waals surface area contributed by atoms with Crippen molar-refractivity contribution in [2.24, 2.45) is 11.8 Å². The Morgan fingerprint density at radius 3 is 2.33 bits per heavy atom. The van der Waals surface area contributed by atoms with E-state index in [1.807, 2.05) is 11.8 Å². The number of aliphatic carboxylic acids is 1. The minimum atomic E-state index is -0.761. The number of rotatable bonds is 2. The van der Waals surface area contributed by atoms with Crippen molar-refractivity contribution in [1.82, 2.24) is 4.90 Å². The van der Waals surface area contributed by atoms with Crippen LogP contribution < -0.4 is 0 Å². The van der Waals surface area contributed by atoms with Crippen molar-refractivity contribution in [3.05, 3.63) is 0 Å². The van der Waals surface area contributed by atoms with E-state index >= 15 is 0 Å². The highest BCUT2D eigenvalue weighted by atomic mass is 16.4. The van der Waals surface area contributed by atoms with Gasteiger partial charge < -0.3 is 10.0 Å². The summed E-state index contributed by atoms with van der Waals surface area (Å²) in [5.74, 6) is -0.795. The molecule has 0 aromatic heterocycles. The molecular formula is C14H23NO3. The van der Waals surface area contributed by atoms with Crippen LogP contribution in [0.15, 0.2) is 0 Å². The zero-order valence-corrected chi connectivity index (χ0v) is 11.1. The molecule has 1 aliphatic heterocycles. The Kier molecular flexibility index (Phi) is 4.25. The Morgan fingerprint density at radius 2 is 1.72 bits per heavy atom. The van der Waals surface area contributed by atoms with Crippen LogP contribution in [0.5, 0.6) is 0 Å². The number of hydrogen-bond acceptors (Lipinski definition) is 2. The number of carbonyl (C=O) groups excluding carboxylic acids is 1. The first-order chi connectivity index (χ1) is 8.61. The molecule has 0 bridgehead atoms. The summed E-state index contributed by atoms with van der Waals surface area (Å²) in [7, 11) is 0. The van der Waals surface area contributed by atoms with Crippen molar-refractivity contribution in [2.45, 2.75) is 57.9 Å². The van der Waals surface area contributed by atoms with Crippen molar-refractivity contribution in [1.29, 1.82) is 0 Å². The average Bonchev–Trinajstić information content (AvgIpc) is 2.39. The van der Waals surface area contributed by atoms with E-state index in [4.69, 9.17) is 0 Å². The van der Waals surface area contributed by atoms with E-state index in [0.29, 0.717) is 6.42 Å². The molecule has 0 radical (unpaired) electrons. The maximum absolute atomic E-state index is 12.5. The predicted octanol–water partition coefficient (Wildman–Crippen LogP) is 2.28. The molecule has 4 heteroatoms. The fraction of sp³-hybridized carbons (Fsp3) is 0.857. The number of carboxylic acid groups (broad SMARTS) is 1. The zero-order valence-electron chi connectivity index (χ0n) is 11.1. The molecule has 1 saturated heterocycles. The van der Waals surface area contributed by atoms with Gasteiger partial charge in [0.05, 0.1) is 5.92 Å². The standard InChI is InChI=1S/C14H23NO3/c1-10-12(14(17)18)8-5-9-15(10)13(16)11-6-3-2-4-7-11/h10-12H,2-9H2,1H3,(H,17,18)/t10-,12-/m1/s1. The van der Waals surface area contributed by atoms with E-state index in [0.717, 1.165) is 38.6 Å². The van der Waals surface area contributed by atoms with Gasteiger partial charge in [-0.3, -0.25) is 9.59 Å². The molecular weight excluding hydrogens is 230 g/mol. The summed E-state index contributed by atoms with van der Waals surface area (Å²) in [6.07, 6.45) is 7.00. The molecule has 4 nitrogen and oxygen atoms in total. The summed E-state index contributed by atoms with van der Waals surface area (Å²) in [4.78, 5) is 25.5. The van der Waals surface area contributed by atoms with Crippen LogP contribution in [0.4, 0.5) is 0 Å². The SMILES string of the molecule is C[C@@H]1[C@H](C(=O)O)CCCN1C(=O)C1CCCCC1. The maximum Gasteiger partial charge on any atom is 0.308 e. The number of likely N-dealkylation sites (tertiary alicyclic amines) is 1. The average molecular weight is 253 g/mol. The molecule has 0 aromatic rings. The minimum Gasteiger partial charge on any atom is -0.481 e. The summed E-state index contributed by atoms with van der Waals surface area (Å²) in [5.41, 5.74) is 0. The van der Waals surface area contributed by atoms with Crippen LogP contribution in [-0.4, -0.2) is 34.5 Å². The minimum absolute atomic E-state index is 0.147. The fourth-order valence-corrected chi connectivity index (χ4v) is 3.37. The number of nitrogens with zero attached hydrogens (tertiary/aromatic N) is 1. The number of amides is 1. The van der Waals surface area contributed by atoms with E-state index in [9.17, 15) is 14.7 Å². The van der Waals surface area contributed by atoms with Crippen molar-refractivity contribution < 1.29 is 14.7 Å². The van der Waals surface area contributed by atoms with Gasteiger partial charge in [0, 0.05) is 18.5 Å². The fourth-order valence-electron chi connectivity index (χ4n) is 3.37. The number of carboxylic acids is 1. The lowest BCUT2D eigenvalue weighted by Crippen LogP contribution is -2.51. The molecule has 102 valence electrons. The van der Waals surface area contributed by atoms with Crippen molar-refractivity contribution in [3.63, 3.8) is 0 Å². The second kappa shape index (κ2) is 5.72. The smallest absolute Gasteiger partial charge is 0.308 e. The molecule has 1 amide bonds. The molecule has 1 heterocycles. The van der Waals surface area contributed by atoms with E-state index in [-0.39, 0.29) is 23.8 Å². The third kappa shape index (κ3) is 2.68. The number of piperidine rings is 1. The van der Waals surface area contributed by atoms with Gasteiger partial charge in [0.15, 0.2) is 0 Å². The first-order valence-electron chi connectivity index (χ1n) is 7.14. The van der Waals surface area contributed by atoms with Crippen LogP contribution in [0.2, 0.25) is 0 Å². The van der Waals surface area contributed by atoms with Gasteiger partial charge in [-0.05, 0) is 32.6 Å². The van der Waals surface area contributed by atoms with Crippen LogP contribution in [0.3, 0.4) is 0 Å². The molecule has 2 fully saturated rings. The maximum atomic E-state index is 12.5. The molecule has 1 aliphatic carbocycles. The number of hydrogen-bond donors (Lipinski definition) is 1. The Bertz CT molecular complexity index is 323. The van der Waals surface area contributed by atoms with Gasteiger partial charge in [0.25, 0.3) is 0 Å². The lowest BCUT2D eigenvalue weighted by Gasteiger charge is -2.40. The highest BCUT2D eigenvalue weighted by Crippen LogP contribution is 2.30. The molecule has 2 atom stereocenters. The monoisotopic (exact) mass is 253 g/mol. The number of carbonyl (C=O) groups is 2. The molecule has 0 aromatic carbocycles. The van der Waals surface area contributed by atoms with Crippen molar-refractivity contribution >= 4 is 11.9 Å². The second-order valence-corrected chi connectivity index (χ2v) is 5.69. The summed E-state index contributed by atoms with van der Waals surface area (Å²) < 4.78 is 0. The van der Waals surface area contributed by atoms with Gasteiger partial charge in [-0.1, -0.05) is 19.3 Å².